The van der Waals surface area contributed by atoms with Gasteiger partial charge in [0.2, 0.25) is 5.16 Å². The Kier molecular flexibility index (Phi) is 5.16. The van der Waals surface area contributed by atoms with Crippen molar-refractivity contribution >= 4 is 17.5 Å². The van der Waals surface area contributed by atoms with Crippen LogP contribution in [0.1, 0.15) is 44.9 Å². The van der Waals surface area contributed by atoms with Crippen molar-refractivity contribution in [2.75, 3.05) is 5.75 Å². The average Bonchev–Trinajstić information content (AvgIpc) is 2.81. The maximum absolute atomic E-state index is 12.0. The van der Waals surface area contributed by atoms with E-state index >= 15 is 0 Å². The lowest BCUT2D eigenvalue weighted by Gasteiger charge is -2.19. The second-order valence-corrected chi connectivity index (χ2v) is 5.90. The third-order valence-corrected chi connectivity index (χ3v) is 4.54. The second kappa shape index (κ2) is 6.87. The van der Waals surface area contributed by atoms with Crippen molar-refractivity contribution in [3.05, 3.63) is 0 Å². The number of hydrogen-bond acceptors (Lipinski definition) is 5. The van der Waals surface area contributed by atoms with Crippen molar-refractivity contribution in [2.45, 2.75) is 50.1 Å². The molecule has 0 spiro atoms. The summed E-state index contributed by atoms with van der Waals surface area (Å²) >= 11 is 1.62. The number of thioether (sulfide) groups is 1. The molecule has 0 aliphatic heterocycles. The van der Waals surface area contributed by atoms with E-state index in [1.807, 2.05) is 7.05 Å². The molecule has 5 nitrogen and oxygen atoms in total. The third-order valence-electron chi connectivity index (χ3n) is 3.44. The van der Waals surface area contributed by atoms with E-state index in [0.717, 1.165) is 30.2 Å². The van der Waals surface area contributed by atoms with Crippen molar-refractivity contribution in [3.63, 3.8) is 0 Å². The van der Waals surface area contributed by atoms with Crippen LogP contribution in [0.5, 0.6) is 0 Å². The van der Waals surface area contributed by atoms with Crippen LogP contribution in [-0.2, 0) is 11.8 Å². The highest BCUT2D eigenvalue weighted by molar-refractivity contribution is 7.99. The van der Waals surface area contributed by atoms with Crippen LogP contribution in [0.2, 0.25) is 0 Å². The quantitative estimate of drug-likeness (QED) is 0.585. The van der Waals surface area contributed by atoms with E-state index in [0.29, 0.717) is 18.1 Å². The maximum Gasteiger partial charge on any atom is 0.209 e. The topological polar surface area (TPSA) is 60.7 Å². The van der Waals surface area contributed by atoms with E-state index < -0.39 is 0 Å². The van der Waals surface area contributed by atoms with Gasteiger partial charge in [0, 0.05) is 25.1 Å². The minimum Gasteiger partial charge on any atom is -0.299 e. The maximum atomic E-state index is 12.0. The van der Waals surface area contributed by atoms with Crippen LogP contribution in [0.25, 0.3) is 0 Å². The Labute approximate surface area is 112 Å². The van der Waals surface area contributed by atoms with Crippen LogP contribution >= 0.6 is 11.8 Å². The molecule has 18 heavy (non-hydrogen) atoms. The first-order valence-electron chi connectivity index (χ1n) is 6.65. The highest BCUT2D eigenvalue weighted by atomic mass is 32.2. The molecular weight excluding hydrogens is 248 g/mol. The molecule has 1 aromatic heterocycles. The molecule has 1 aliphatic rings. The van der Waals surface area contributed by atoms with Gasteiger partial charge in [-0.1, -0.05) is 31.0 Å². The molecule has 0 saturated heterocycles. The molecule has 1 aromatic rings. The van der Waals surface area contributed by atoms with Crippen molar-refractivity contribution in [2.24, 2.45) is 13.0 Å². The van der Waals surface area contributed by atoms with Crippen molar-refractivity contribution in [1.82, 2.24) is 20.2 Å². The summed E-state index contributed by atoms with van der Waals surface area (Å²) in [5.74, 6) is 1.72. The molecule has 0 aromatic carbocycles. The monoisotopic (exact) mass is 268 g/mol. The van der Waals surface area contributed by atoms with Crippen molar-refractivity contribution < 1.29 is 4.79 Å². The van der Waals surface area contributed by atoms with E-state index in [1.54, 1.807) is 16.4 Å². The Morgan fingerprint density at radius 2 is 2.17 bits per heavy atom. The van der Waals surface area contributed by atoms with E-state index in [2.05, 4.69) is 15.5 Å². The lowest BCUT2D eigenvalue weighted by Crippen LogP contribution is -2.17. The molecule has 1 aliphatic carbocycles. The van der Waals surface area contributed by atoms with Gasteiger partial charge < -0.3 is 0 Å². The molecule has 0 N–H and O–H groups in total. The van der Waals surface area contributed by atoms with E-state index in [-0.39, 0.29) is 0 Å². The molecule has 0 radical (unpaired) electrons. The van der Waals surface area contributed by atoms with Gasteiger partial charge >= 0.3 is 0 Å². The number of carbonyl (C=O) groups is 1. The summed E-state index contributed by atoms with van der Waals surface area (Å²) in [7, 11) is 1.83. The number of carbonyl (C=O) groups excluding carboxylic acids is 1. The fraction of sp³-hybridized carbons (Fsp3) is 0.833. The molecule has 0 bridgehead atoms. The van der Waals surface area contributed by atoms with Gasteiger partial charge in [-0.25, -0.2) is 4.68 Å². The summed E-state index contributed by atoms with van der Waals surface area (Å²) in [6, 6.07) is 0. The molecule has 1 saturated carbocycles. The number of nitrogens with zero attached hydrogens (tertiary/aromatic N) is 4. The van der Waals surface area contributed by atoms with E-state index in [4.69, 9.17) is 0 Å². The van der Waals surface area contributed by atoms with E-state index in [9.17, 15) is 4.79 Å². The first-order chi connectivity index (χ1) is 8.77. The van der Waals surface area contributed by atoms with Gasteiger partial charge in [-0.3, -0.25) is 4.79 Å². The summed E-state index contributed by atoms with van der Waals surface area (Å²) in [5.41, 5.74) is 0. The Morgan fingerprint density at radius 3 is 2.83 bits per heavy atom. The molecule has 100 valence electrons. The van der Waals surface area contributed by atoms with E-state index in [1.165, 1.54) is 19.3 Å². The fourth-order valence-corrected chi connectivity index (χ4v) is 3.17. The number of ketones is 1. The summed E-state index contributed by atoms with van der Waals surface area (Å²) in [6.45, 7) is 0. The van der Waals surface area contributed by atoms with Crippen LogP contribution in [0.15, 0.2) is 5.16 Å². The lowest BCUT2D eigenvalue weighted by atomic mass is 9.85. The highest BCUT2D eigenvalue weighted by Gasteiger charge is 2.20. The van der Waals surface area contributed by atoms with Gasteiger partial charge in [0.25, 0.3) is 0 Å². The van der Waals surface area contributed by atoms with Gasteiger partial charge in [0.1, 0.15) is 5.78 Å². The standard InChI is InChI=1S/C12H20N4OS/c1-16-12(13-14-15-16)18-9-5-8-11(17)10-6-3-2-4-7-10/h10H,2-9H2,1H3. The Bertz CT molecular complexity index is 387. The first-order valence-corrected chi connectivity index (χ1v) is 7.64. The van der Waals surface area contributed by atoms with Crippen LogP contribution in [0.3, 0.4) is 0 Å². The van der Waals surface area contributed by atoms with Crippen LogP contribution in [0.4, 0.5) is 0 Å². The van der Waals surface area contributed by atoms with Crippen LogP contribution in [0, 0.1) is 5.92 Å². The zero-order valence-electron chi connectivity index (χ0n) is 10.8. The zero-order valence-corrected chi connectivity index (χ0v) is 11.7. The number of aryl methyl sites for hydroxylation is 1. The van der Waals surface area contributed by atoms with Gasteiger partial charge in [0.05, 0.1) is 0 Å². The molecule has 0 amide bonds. The zero-order chi connectivity index (χ0) is 12.8. The Hall–Kier alpha value is -0.910. The predicted octanol–water partition coefficient (Wildman–Crippen LogP) is 2.23. The largest absolute Gasteiger partial charge is 0.299 e. The number of hydrogen-bond donors (Lipinski definition) is 0. The Balaban J connectivity index is 1.63. The smallest absolute Gasteiger partial charge is 0.209 e. The molecule has 1 heterocycles. The minimum absolute atomic E-state index is 0.347. The predicted molar refractivity (Wildman–Crippen MR) is 70.3 cm³/mol. The molecule has 1 fully saturated rings. The highest BCUT2D eigenvalue weighted by Crippen LogP contribution is 2.26. The molecule has 6 heteroatoms. The number of aromatic nitrogens is 4. The van der Waals surface area contributed by atoms with Gasteiger partial charge in [-0.2, -0.15) is 0 Å². The average molecular weight is 268 g/mol. The van der Waals surface area contributed by atoms with Crippen LogP contribution in [-0.4, -0.2) is 31.7 Å². The lowest BCUT2D eigenvalue weighted by molar-refractivity contribution is -0.123. The van der Waals surface area contributed by atoms with Gasteiger partial charge in [-0.15, -0.1) is 5.10 Å². The van der Waals surface area contributed by atoms with Gasteiger partial charge in [-0.05, 0) is 29.7 Å². The molecule has 0 atom stereocenters. The summed E-state index contributed by atoms with van der Waals surface area (Å²) < 4.78 is 1.66. The fourth-order valence-electron chi connectivity index (χ4n) is 2.38. The summed E-state index contributed by atoms with van der Waals surface area (Å²) in [4.78, 5) is 12.0. The third kappa shape index (κ3) is 3.80. The first kappa shape index (κ1) is 13.5. The SMILES string of the molecule is Cn1nnnc1SCCCC(=O)C1CCCCC1. The number of rotatable bonds is 6. The minimum atomic E-state index is 0.347. The van der Waals surface area contributed by atoms with Crippen molar-refractivity contribution in [1.29, 1.82) is 0 Å². The van der Waals surface area contributed by atoms with Crippen LogP contribution < -0.4 is 0 Å². The number of Topliss-reactive ketones (excluding diaryl/α,β-unsaturated/α-hetero) is 1. The number of tetrazole rings is 1. The summed E-state index contributed by atoms with van der Waals surface area (Å²) in [5, 5.41) is 12.1. The molecular formula is C12H20N4OS. The summed E-state index contributed by atoms with van der Waals surface area (Å²) in [6.07, 6.45) is 7.62. The molecule has 2 rings (SSSR count). The molecule has 0 unspecified atom stereocenters. The normalized spacial score (nSPS) is 16.9. The van der Waals surface area contributed by atoms with Gasteiger partial charge in [0.15, 0.2) is 0 Å². The second-order valence-electron chi connectivity index (χ2n) is 4.84. The van der Waals surface area contributed by atoms with Crippen molar-refractivity contribution in [3.8, 4) is 0 Å². The Morgan fingerprint density at radius 1 is 1.39 bits per heavy atom.